The molecule has 0 radical (unpaired) electrons. The molecule has 9 aromatic rings. The van der Waals surface area contributed by atoms with Crippen molar-refractivity contribution in [2.45, 2.75) is 0 Å². The summed E-state index contributed by atoms with van der Waals surface area (Å²) in [4.78, 5) is 14.9. The summed E-state index contributed by atoms with van der Waals surface area (Å²) in [5.74, 6) is 1.85. The molecule has 0 bridgehead atoms. The fraction of sp³-hybridized carbons (Fsp3) is 0. The Labute approximate surface area is 314 Å². The Morgan fingerprint density at radius 3 is 1.28 bits per heavy atom. The second-order valence-corrected chi connectivity index (χ2v) is 16.0. The Morgan fingerprint density at radius 1 is 0.278 bits per heavy atom. The van der Waals surface area contributed by atoms with Gasteiger partial charge in [0.05, 0.1) is 0 Å². The maximum Gasteiger partial charge on any atom is 0.171 e. The van der Waals surface area contributed by atoms with Crippen LogP contribution in [-0.2, 0) is 4.57 Å². The van der Waals surface area contributed by atoms with E-state index in [1.54, 1.807) is 0 Å². The van der Waals surface area contributed by atoms with Gasteiger partial charge in [0.2, 0.25) is 0 Å². The normalized spacial score (nSPS) is 11.4. The average molecular weight is 712 g/mol. The molecule has 256 valence electrons. The predicted octanol–water partition coefficient (Wildman–Crippen LogP) is 11.0. The second kappa shape index (κ2) is 14.4. The van der Waals surface area contributed by atoms with E-state index in [1.807, 2.05) is 127 Å². The summed E-state index contributed by atoms with van der Waals surface area (Å²) in [5.41, 5.74) is 7.17. The van der Waals surface area contributed by atoms with E-state index in [1.165, 1.54) is 0 Å². The molecule has 0 unspecified atom stereocenters. The molecule has 0 saturated heterocycles. The van der Waals surface area contributed by atoms with E-state index in [9.17, 15) is 0 Å². The van der Waals surface area contributed by atoms with Crippen LogP contribution in [-0.4, -0.2) is 15.0 Å². The topological polar surface area (TPSA) is 55.7 Å². The van der Waals surface area contributed by atoms with Crippen LogP contribution in [0.3, 0.4) is 0 Å². The van der Waals surface area contributed by atoms with Crippen molar-refractivity contribution in [2.75, 3.05) is 0 Å². The fourth-order valence-corrected chi connectivity index (χ4v) is 9.65. The average Bonchev–Trinajstić information content (AvgIpc) is 3.27. The Kier molecular flexibility index (Phi) is 8.80. The summed E-state index contributed by atoms with van der Waals surface area (Å²) in [5, 5.41) is 4.57. The highest BCUT2D eigenvalue weighted by atomic mass is 31.2. The molecule has 54 heavy (non-hydrogen) atoms. The van der Waals surface area contributed by atoms with Gasteiger partial charge in [0, 0.05) is 32.6 Å². The minimum absolute atomic E-state index is 0.607. The van der Waals surface area contributed by atoms with Gasteiger partial charge in [-0.1, -0.05) is 188 Å². The third-order valence-electron chi connectivity index (χ3n) is 9.80. The first-order valence-electron chi connectivity index (χ1n) is 18.0. The Morgan fingerprint density at radius 2 is 0.667 bits per heavy atom. The maximum absolute atomic E-state index is 15.0. The van der Waals surface area contributed by atoms with Gasteiger partial charge in [0.1, 0.15) is 0 Å². The summed E-state index contributed by atoms with van der Waals surface area (Å²) in [6, 6.07) is 69.3. The van der Waals surface area contributed by atoms with Crippen LogP contribution in [0.5, 0.6) is 0 Å². The smallest absolute Gasteiger partial charge is 0.171 e. The van der Waals surface area contributed by atoms with Crippen LogP contribution < -0.4 is 15.9 Å². The minimum Gasteiger partial charge on any atom is -0.309 e. The van der Waals surface area contributed by atoms with Gasteiger partial charge in [0.25, 0.3) is 0 Å². The van der Waals surface area contributed by atoms with Gasteiger partial charge in [-0.3, -0.25) is 0 Å². The zero-order chi connectivity index (χ0) is 36.3. The number of benzene rings is 8. The van der Waals surface area contributed by atoms with E-state index >= 15 is 4.57 Å². The molecule has 0 saturated carbocycles. The minimum atomic E-state index is -3.08. The molecule has 0 aliphatic carbocycles. The van der Waals surface area contributed by atoms with E-state index in [-0.39, 0.29) is 0 Å². The number of fused-ring (bicyclic) bond motifs is 1. The summed E-state index contributed by atoms with van der Waals surface area (Å²) >= 11 is 0. The lowest BCUT2D eigenvalue weighted by atomic mass is 9.99. The molecular weight excluding hydrogens is 678 g/mol. The zero-order valence-corrected chi connectivity index (χ0v) is 30.2. The van der Waals surface area contributed by atoms with Crippen molar-refractivity contribution in [3.05, 3.63) is 206 Å². The molecule has 9 rings (SSSR count). The first-order chi connectivity index (χ1) is 26.6. The largest absolute Gasteiger partial charge is 0.309 e. The molecule has 0 atom stereocenters. The van der Waals surface area contributed by atoms with Crippen molar-refractivity contribution in [3.8, 4) is 56.4 Å². The summed E-state index contributed by atoms with van der Waals surface area (Å²) in [7, 11) is -3.08. The number of hydrogen-bond donors (Lipinski definition) is 0. The lowest BCUT2D eigenvalue weighted by molar-refractivity contribution is 0.592. The third-order valence-corrected chi connectivity index (χ3v) is 12.9. The van der Waals surface area contributed by atoms with Gasteiger partial charge in [-0.2, -0.15) is 0 Å². The van der Waals surface area contributed by atoms with Gasteiger partial charge < -0.3 is 4.57 Å². The van der Waals surface area contributed by atoms with Crippen LogP contribution in [0, 0.1) is 0 Å². The lowest BCUT2D eigenvalue weighted by Gasteiger charge is -2.20. The molecule has 0 aliphatic heterocycles. The van der Waals surface area contributed by atoms with Crippen LogP contribution in [0.2, 0.25) is 0 Å². The van der Waals surface area contributed by atoms with Crippen molar-refractivity contribution in [2.24, 2.45) is 0 Å². The summed E-state index contributed by atoms with van der Waals surface area (Å²) in [6.45, 7) is 0. The first kappa shape index (κ1) is 33.1. The summed E-state index contributed by atoms with van der Waals surface area (Å²) in [6.07, 6.45) is 0. The highest BCUT2D eigenvalue weighted by Gasteiger charge is 2.29. The molecule has 8 aromatic carbocycles. The Hall–Kier alpha value is -6.74. The quantitative estimate of drug-likeness (QED) is 0.147. The molecule has 1 aromatic heterocycles. The molecule has 0 amide bonds. The van der Waals surface area contributed by atoms with Crippen molar-refractivity contribution in [3.63, 3.8) is 0 Å². The van der Waals surface area contributed by atoms with Crippen LogP contribution in [0.15, 0.2) is 206 Å². The summed E-state index contributed by atoms with van der Waals surface area (Å²) < 4.78 is 15.0. The lowest BCUT2D eigenvalue weighted by Crippen LogP contribution is -2.24. The Balaban J connectivity index is 1.08. The number of hydrogen-bond acceptors (Lipinski definition) is 4. The molecular formula is C49H34N3OP. The fourth-order valence-electron chi connectivity index (χ4n) is 6.96. The molecule has 5 heteroatoms. The predicted molar refractivity (Wildman–Crippen MR) is 224 cm³/mol. The molecule has 0 aliphatic rings. The van der Waals surface area contributed by atoms with Gasteiger partial charge in [-0.25, -0.2) is 15.0 Å². The van der Waals surface area contributed by atoms with Crippen molar-refractivity contribution in [1.82, 2.24) is 15.0 Å². The highest BCUT2D eigenvalue weighted by Crippen LogP contribution is 2.43. The van der Waals surface area contributed by atoms with Crippen LogP contribution >= 0.6 is 7.14 Å². The Bertz CT molecular complexity index is 2730. The van der Waals surface area contributed by atoms with E-state index in [2.05, 4.69) is 78.9 Å². The molecule has 0 fully saturated rings. The van der Waals surface area contributed by atoms with Gasteiger partial charge in [0.15, 0.2) is 24.6 Å². The van der Waals surface area contributed by atoms with Crippen LogP contribution in [0.4, 0.5) is 0 Å². The molecule has 1 heterocycles. The highest BCUT2D eigenvalue weighted by molar-refractivity contribution is 7.85. The van der Waals surface area contributed by atoms with E-state index in [0.29, 0.717) is 17.5 Å². The van der Waals surface area contributed by atoms with Gasteiger partial charge in [-0.15, -0.1) is 0 Å². The van der Waals surface area contributed by atoms with Crippen LogP contribution in [0.1, 0.15) is 0 Å². The zero-order valence-electron chi connectivity index (χ0n) is 29.3. The van der Waals surface area contributed by atoms with Crippen LogP contribution in [0.25, 0.3) is 67.2 Å². The maximum atomic E-state index is 15.0. The number of rotatable bonds is 8. The third kappa shape index (κ3) is 6.45. The molecule has 4 nitrogen and oxygen atoms in total. The van der Waals surface area contributed by atoms with Gasteiger partial charge >= 0.3 is 0 Å². The van der Waals surface area contributed by atoms with Crippen molar-refractivity contribution < 1.29 is 4.57 Å². The molecule has 0 spiro atoms. The number of nitrogens with zero attached hydrogens (tertiary/aromatic N) is 3. The van der Waals surface area contributed by atoms with Gasteiger partial charge in [-0.05, 0) is 51.2 Å². The SMILES string of the molecule is O=P(c1ccccc1)(c1ccccc1)c1ccc2cc(-c3cccc(-c4nc(-c5ccccc5)nc(-c5ccc(-c6ccccc6)cc5)n4)c3)ccc2c1. The van der Waals surface area contributed by atoms with E-state index < -0.39 is 7.14 Å². The van der Waals surface area contributed by atoms with E-state index in [0.717, 1.165) is 65.6 Å². The standard InChI is InChI=1S/C49H34N3OP/c53-54(44-20-9-3-10-21-44,45-22-11-4-12-23-45)46-31-30-41-32-40(28-29-42(41)34-46)39-18-13-19-43(33-39)49-51-47(37-16-7-2-8-17-37)50-48(52-49)38-26-24-36(25-27-38)35-14-5-1-6-15-35/h1-34H. The van der Waals surface area contributed by atoms with Crippen molar-refractivity contribution >= 4 is 33.8 Å². The second-order valence-electron chi connectivity index (χ2n) is 13.2. The van der Waals surface area contributed by atoms with Crippen molar-refractivity contribution in [1.29, 1.82) is 0 Å². The monoisotopic (exact) mass is 711 g/mol. The van der Waals surface area contributed by atoms with E-state index in [4.69, 9.17) is 15.0 Å². The molecule has 0 N–H and O–H groups in total. The first-order valence-corrected chi connectivity index (χ1v) is 19.7. The number of aromatic nitrogens is 3.